The second-order valence-electron chi connectivity index (χ2n) is 12.2. The monoisotopic (exact) mass is 630 g/mol. The number of aliphatic hydroxyl groups is 2. The fourth-order valence-corrected chi connectivity index (χ4v) is 4.65. The van der Waals surface area contributed by atoms with E-state index in [1.807, 2.05) is 18.2 Å². The molecule has 0 aromatic rings. The molecule has 0 aromatic heterocycles. The first-order valence-corrected chi connectivity index (χ1v) is 17.8. The first-order valence-electron chi connectivity index (χ1n) is 17.8. The second-order valence-corrected chi connectivity index (χ2v) is 12.2. The zero-order chi connectivity index (χ0) is 33.2. The zero-order valence-corrected chi connectivity index (χ0v) is 28.9. The zero-order valence-electron chi connectivity index (χ0n) is 28.9. The van der Waals surface area contributed by atoms with E-state index in [4.69, 9.17) is 9.47 Å². The van der Waals surface area contributed by atoms with Gasteiger partial charge in [-0.1, -0.05) is 146 Å². The number of hydrogen-bond donors (Lipinski definition) is 2. The third-order valence-electron chi connectivity index (χ3n) is 7.36. The molecule has 0 bridgehead atoms. The topological polar surface area (TPSA) is 93.1 Å². The molecule has 0 aliphatic heterocycles. The van der Waals surface area contributed by atoms with E-state index >= 15 is 0 Å². The van der Waals surface area contributed by atoms with E-state index < -0.39 is 24.8 Å². The minimum absolute atomic E-state index is 0.122. The minimum Gasteiger partial charge on any atom is -0.462 e. The van der Waals surface area contributed by atoms with Gasteiger partial charge in [0.25, 0.3) is 0 Å². The molecule has 6 heteroatoms. The van der Waals surface area contributed by atoms with Crippen LogP contribution in [0, 0.1) is 5.92 Å². The quantitative estimate of drug-likeness (QED) is 0.0355. The molecule has 1 unspecified atom stereocenters. The summed E-state index contributed by atoms with van der Waals surface area (Å²) in [5, 5.41) is 19.6. The highest BCUT2D eigenvalue weighted by Gasteiger charge is 2.16. The van der Waals surface area contributed by atoms with Crippen molar-refractivity contribution in [1.82, 2.24) is 0 Å². The molecule has 6 nitrogen and oxygen atoms in total. The summed E-state index contributed by atoms with van der Waals surface area (Å²) in [6.45, 7) is 6.16. The van der Waals surface area contributed by atoms with E-state index in [0.717, 1.165) is 50.9 Å². The second kappa shape index (κ2) is 32.9. The van der Waals surface area contributed by atoms with E-state index in [-0.39, 0.29) is 19.0 Å². The molecule has 0 rings (SSSR count). The molecule has 0 fully saturated rings. The van der Waals surface area contributed by atoms with Crippen LogP contribution < -0.4 is 0 Å². The van der Waals surface area contributed by atoms with E-state index in [0.29, 0.717) is 19.3 Å². The van der Waals surface area contributed by atoms with Crippen molar-refractivity contribution < 1.29 is 29.3 Å². The van der Waals surface area contributed by atoms with Gasteiger partial charge in [-0.25, -0.2) is 0 Å². The predicted molar refractivity (Wildman–Crippen MR) is 188 cm³/mol. The van der Waals surface area contributed by atoms with Gasteiger partial charge in [-0.3, -0.25) is 9.59 Å². The van der Waals surface area contributed by atoms with Crippen molar-refractivity contribution in [2.24, 2.45) is 5.92 Å². The maximum absolute atomic E-state index is 12.1. The van der Waals surface area contributed by atoms with Crippen LogP contribution in [0.15, 0.2) is 60.8 Å². The van der Waals surface area contributed by atoms with Gasteiger partial charge >= 0.3 is 11.9 Å². The molecule has 0 saturated carbocycles. The summed E-state index contributed by atoms with van der Waals surface area (Å²) in [7, 11) is 0. The molecule has 0 radical (unpaired) electrons. The smallest absolute Gasteiger partial charge is 0.306 e. The Hall–Kier alpha value is -2.44. The Morgan fingerprint density at radius 1 is 0.644 bits per heavy atom. The maximum atomic E-state index is 12.1. The van der Waals surface area contributed by atoms with Crippen molar-refractivity contribution in [1.29, 1.82) is 0 Å². The highest BCUT2D eigenvalue weighted by molar-refractivity contribution is 5.70. The number of carbonyl (C=O) groups excluding carboxylic acids is 2. The predicted octanol–water partition coefficient (Wildman–Crippen LogP) is 9.66. The molecule has 0 aromatic carbocycles. The Morgan fingerprint density at radius 3 is 1.76 bits per heavy atom. The van der Waals surface area contributed by atoms with E-state index in [9.17, 15) is 19.8 Å². The highest BCUT2D eigenvalue weighted by atomic mass is 16.6. The van der Waals surface area contributed by atoms with Crippen LogP contribution in [-0.4, -0.2) is 47.6 Å². The number of esters is 2. The number of hydrogen-bond acceptors (Lipinski definition) is 6. The molecule has 0 amide bonds. The third-order valence-corrected chi connectivity index (χ3v) is 7.36. The number of unbranched alkanes of at least 4 members (excludes halogenated alkanes) is 9. The van der Waals surface area contributed by atoms with E-state index in [1.165, 1.54) is 51.4 Å². The van der Waals surface area contributed by atoms with Crippen LogP contribution in [0.5, 0.6) is 0 Å². The average Bonchev–Trinajstić information content (AvgIpc) is 3.01. The van der Waals surface area contributed by atoms with Gasteiger partial charge in [0.2, 0.25) is 0 Å². The molecular formula is C39H66O6. The van der Waals surface area contributed by atoms with Crippen LogP contribution in [0.3, 0.4) is 0 Å². The molecule has 2 N–H and O–H groups in total. The standard InChI is InChI=1S/C39H66O6/c1-4-5-6-7-8-9-10-11-12-16-19-22-25-29-36(41)30-27-32-39(43)45-37(33-40)34-44-38(42)31-26-23-20-17-14-13-15-18-21-24-28-35(2)3/h5-6,8-9,11-12,19,22,25,29,35-37,40-41H,4,7,10,13-18,20-21,23-24,26-28,30-34H2,1-3H3/b6-5-,9-8-,12-11-,22-19-,29-25+/t36?,37-/m0/s1. The number of rotatable bonds is 30. The van der Waals surface area contributed by atoms with Crippen LogP contribution in [0.2, 0.25) is 0 Å². The Bertz CT molecular complexity index is 838. The Labute approximate surface area is 275 Å². The lowest BCUT2D eigenvalue weighted by Crippen LogP contribution is -2.28. The third kappa shape index (κ3) is 32.8. The van der Waals surface area contributed by atoms with Gasteiger partial charge in [-0.05, 0) is 50.9 Å². The number of allylic oxidation sites excluding steroid dienone is 9. The molecule has 45 heavy (non-hydrogen) atoms. The van der Waals surface area contributed by atoms with Crippen molar-refractivity contribution in [3.05, 3.63) is 60.8 Å². The fourth-order valence-electron chi connectivity index (χ4n) is 4.65. The lowest BCUT2D eigenvalue weighted by Gasteiger charge is -2.16. The van der Waals surface area contributed by atoms with E-state index in [1.54, 1.807) is 6.08 Å². The average molecular weight is 631 g/mol. The molecule has 2 atom stereocenters. The molecule has 0 aliphatic carbocycles. The molecule has 0 aliphatic rings. The van der Waals surface area contributed by atoms with Crippen molar-refractivity contribution in [3.63, 3.8) is 0 Å². The summed E-state index contributed by atoms with van der Waals surface area (Å²) < 4.78 is 10.5. The summed E-state index contributed by atoms with van der Waals surface area (Å²) >= 11 is 0. The SMILES string of the molecule is CC/C=C\C/C=C\C/C=C\C/C=C\C=C\C(O)CCCC(=O)O[C@@H](CO)COC(=O)CCCCCCCCCCCCC(C)C. The number of ether oxygens (including phenoxy) is 2. The van der Waals surface area contributed by atoms with Crippen LogP contribution in [0.1, 0.15) is 143 Å². The molecule has 0 saturated heterocycles. The fraction of sp³-hybridized carbons (Fsp3) is 0.692. The van der Waals surface area contributed by atoms with Gasteiger partial charge in [0, 0.05) is 12.8 Å². The summed E-state index contributed by atoms with van der Waals surface area (Å²) in [5.74, 6) is 0.0131. The van der Waals surface area contributed by atoms with Crippen molar-refractivity contribution >= 4 is 11.9 Å². The molecule has 258 valence electrons. The van der Waals surface area contributed by atoms with E-state index in [2.05, 4.69) is 57.2 Å². The van der Waals surface area contributed by atoms with Crippen LogP contribution in [-0.2, 0) is 19.1 Å². The minimum atomic E-state index is -0.866. The summed E-state index contributed by atoms with van der Waals surface area (Å²) in [6, 6.07) is 0. The van der Waals surface area contributed by atoms with Crippen LogP contribution >= 0.6 is 0 Å². The normalized spacial score (nSPS) is 13.7. The van der Waals surface area contributed by atoms with Gasteiger partial charge in [0.15, 0.2) is 6.10 Å². The molecule has 0 heterocycles. The molecule has 0 spiro atoms. The van der Waals surface area contributed by atoms with Crippen molar-refractivity contribution in [2.75, 3.05) is 13.2 Å². The lowest BCUT2D eigenvalue weighted by molar-refractivity contribution is -0.161. The van der Waals surface area contributed by atoms with Crippen molar-refractivity contribution in [3.8, 4) is 0 Å². The first-order chi connectivity index (χ1) is 21.9. The van der Waals surface area contributed by atoms with Crippen molar-refractivity contribution in [2.45, 2.75) is 155 Å². The summed E-state index contributed by atoms with van der Waals surface area (Å²) in [5.41, 5.74) is 0. The van der Waals surface area contributed by atoms with Gasteiger partial charge in [-0.15, -0.1) is 0 Å². The Kier molecular flexibility index (Phi) is 31.2. The number of carbonyl (C=O) groups is 2. The van der Waals surface area contributed by atoms with Gasteiger partial charge in [0.05, 0.1) is 12.7 Å². The lowest BCUT2D eigenvalue weighted by atomic mass is 10.0. The van der Waals surface area contributed by atoms with Gasteiger partial charge < -0.3 is 19.7 Å². The number of aliphatic hydroxyl groups excluding tert-OH is 2. The summed E-state index contributed by atoms with van der Waals surface area (Å²) in [6.07, 6.45) is 37.4. The molecular weight excluding hydrogens is 564 g/mol. The Balaban J connectivity index is 3.82. The Morgan fingerprint density at radius 2 is 1.18 bits per heavy atom. The summed E-state index contributed by atoms with van der Waals surface area (Å²) in [4.78, 5) is 24.2. The largest absolute Gasteiger partial charge is 0.462 e. The van der Waals surface area contributed by atoms with Crippen LogP contribution in [0.25, 0.3) is 0 Å². The highest BCUT2D eigenvalue weighted by Crippen LogP contribution is 2.14. The van der Waals surface area contributed by atoms with Gasteiger partial charge in [-0.2, -0.15) is 0 Å². The first kappa shape index (κ1) is 42.6. The van der Waals surface area contributed by atoms with Gasteiger partial charge in [0.1, 0.15) is 6.61 Å². The van der Waals surface area contributed by atoms with Crippen LogP contribution in [0.4, 0.5) is 0 Å². The maximum Gasteiger partial charge on any atom is 0.306 e.